The quantitative estimate of drug-likeness (QED) is 0.772. The van der Waals surface area contributed by atoms with Crippen LogP contribution in [0.3, 0.4) is 0 Å². The molecule has 13 heavy (non-hydrogen) atoms. The van der Waals surface area contributed by atoms with Crippen molar-refractivity contribution in [1.29, 1.82) is 0 Å². The highest BCUT2D eigenvalue weighted by molar-refractivity contribution is 7.10. The first kappa shape index (κ1) is 12.0. The summed E-state index contributed by atoms with van der Waals surface area (Å²) in [7, 11) is 0. The molecule has 1 amide bonds. The van der Waals surface area contributed by atoms with Crippen molar-refractivity contribution in [3.63, 3.8) is 0 Å². The van der Waals surface area contributed by atoms with Crippen molar-refractivity contribution in [3.05, 3.63) is 22.4 Å². The normalized spacial score (nSPS) is 11.2. The van der Waals surface area contributed by atoms with Crippen LogP contribution in [-0.4, -0.2) is 11.2 Å². The van der Waals surface area contributed by atoms with Crippen molar-refractivity contribution >= 4 is 17.4 Å². The van der Waals surface area contributed by atoms with Gasteiger partial charge < -0.3 is 10.8 Å². The van der Waals surface area contributed by atoms with Gasteiger partial charge in [0.05, 0.1) is 0 Å². The van der Waals surface area contributed by atoms with Crippen LogP contribution >= 0.6 is 11.3 Å². The summed E-state index contributed by atoms with van der Waals surface area (Å²) in [6.07, 6.45) is -0.0828. The minimum absolute atomic E-state index is 0.755. The molecule has 0 saturated heterocycles. The molecule has 0 saturated carbocycles. The van der Waals surface area contributed by atoms with Crippen LogP contribution in [0.1, 0.15) is 31.1 Å². The third-order valence-corrected chi connectivity index (χ3v) is 2.75. The molecule has 0 aliphatic carbocycles. The largest absolute Gasteiger partial charge is 0.465 e. The van der Waals surface area contributed by atoms with E-state index in [9.17, 15) is 0 Å². The first-order valence-corrected chi connectivity index (χ1v) is 4.97. The molecule has 0 radical (unpaired) electrons. The molecule has 0 aliphatic rings. The van der Waals surface area contributed by atoms with E-state index in [-0.39, 0.29) is 0 Å². The van der Waals surface area contributed by atoms with E-state index < -0.39 is 6.09 Å². The predicted octanol–water partition coefficient (Wildman–Crippen LogP) is 2.88. The van der Waals surface area contributed by atoms with Crippen LogP contribution in [0.15, 0.2) is 17.5 Å². The van der Waals surface area contributed by atoms with Crippen molar-refractivity contribution < 1.29 is 9.90 Å². The van der Waals surface area contributed by atoms with Crippen molar-refractivity contribution in [2.24, 2.45) is 5.73 Å². The highest BCUT2D eigenvalue weighted by Gasteiger charge is 2.00. The van der Waals surface area contributed by atoms with Gasteiger partial charge in [-0.05, 0) is 23.8 Å². The number of nitrogens with two attached hydrogens (primary N) is 1. The lowest BCUT2D eigenvalue weighted by Crippen LogP contribution is -2.03. The third-order valence-electron chi connectivity index (χ3n) is 1.64. The van der Waals surface area contributed by atoms with Gasteiger partial charge in [0, 0.05) is 4.88 Å². The Kier molecular flexibility index (Phi) is 5.97. The fraction of sp³-hybridized carbons (Fsp3) is 0.444. The third kappa shape index (κ3) is 6.16. The number of hydrogen-bond donors (Lipinski definition) is 2. The molecule has 0 aliphatic heterocycles. The zero-order chi connectivity index (χ0) is 10.3. The van der Waals surface area contributed by atoms with Gasteiger partial charge in [-0.3, -0.25) is 0 Å². The van der Waals surface area contributed by atoms with Gasteiger partial charge in [-0.2, -0.15) is 0 Å². The van der Waals surface area contributed by atoms with E-state index in [0.29, 0.717) is 0 Å². The molecular weight excluding hydrogens is 186 g/mol. The van der Waals surface area contributed by atoms with Gasteiger partial charge in [-0.15, -0.1) is 11.3 Å². The Bertz CT molecular complexity index is 230. The lowest BCUT2D eigenvalue weighted by molar-refractivity contribution is 0.205. The number of amides is 1. The van der Waals surface area contributed by atoms with E-state index in [1.54, 1.807) is 0 Å². The van der Waals surface area contributed by atoms with Crippen molar-refractivity contribution in [3.8, 4) is 0 Å². The van der Waals surface area contributed by atoms with Crippen LogP contribution in [-0.2, 0) is 0 Å². The van der Waals surface area contributed by atoms with Gasteiger partial charge in [0.25, 0.3) is 0 Å². The first-order chi connectivity index (χ1) is 6.07. The number of thiophene rings is 1. The lowest BCUT2D eigenvalue weighted by atomic mass is 10.1. The Labute approximate surface area is 82.2 Å². The highest BCUT2D eigenvalue weighted by Crippen LogP contribution is 2.22. The molecule has 0 spiro atoms. The molecule has 1 unspecified atom stereocenters. The minimum Gasteiger partial charge on any atom is -0.465 e. The zero-order valence-corrected chi connectivity index (χ0v) is 8.67. The monoisotopic (exact) mass is 201 g/mol. The smallest absolute Gasteiger partial charge is 0.402 e. The van der Waals surface area contributed by atoms with Gasteiger partial charge in [0.2, 0.25) is 0 Å². The average molecular weight is 201 g/mol. The standard InChI is InChI=1S/C8H12S.CH3NO2/c1-3-7(2)8-5-4-6-9-8;2-1(3)4/h4-7H,3H2,1-2H3;2H2,(H,3,4). The Morgan fingerprint density at radius 2 is 2.31 bits per heavy atom. The van der Waals surface area contributed by atoms with Gasteiger partial charge in [-0.25, -0.2) is 4.79 Å². The minimum atomic E-state index is -1.33. The molecule has 1 aromatic rings. The maximum Gasteiger partial charge on any atom is 0.402 e. The zero-order valence-electron chi connectivity index (χ0n) is 7.86. The van der Waals surface area contributed by atoms with Crippen molar-refractivity contribution in [1.82, 2.24) is 0 Å². The van der Waals surface area contributed by atoms with Crippen LogP contribution in [0.4, 0.5) is 4.79 Å². The molecule has 0 bridgehead atoms. The van der Waals surface area contributed by atoms with E-state index in [4.69, 9.17) is 9.90 Å². The molecule has 3 nitrogen and oxygen atoms in total. The van der Waals surface area contributed by atoms with Gasteiger partial charge in [0.1, 0.15) is 0 Å². The molecule has 3 N–H and O–H groups in total. The summed E-state index contributed by atoms with van der Waals surface area (Å²) in [5.74, 6) is 0.755. The Morgan fingerprint density at radius 3 is 2.62 bits per heavy atom. The summed E-state index contributed by atoms with van der Waals surface area (Å²) < 4.78 is 0. The van der Waals surface area contributed by atoms with Crippen LogP contribution in [0, 0.1) is 0 Å². The number of rotatable bonds is 2. The summed E-state index contributed by atoms with van der Waals surface area (Å²) in [5.41, 5.74) is 4.03. The molecule has 0 aromatic carbocycles. The Balaban J connectivity index is 0.000000310. The van der Waals surface area contributed by atoms with Crippen molar-refractivity contribution in [2.75, 3.05) is 0 Å². The second kappa shape index (κ2) is 6.48. The maximum absolute atomic E-state index is 8.78. The summed E-state index contributed by atoms with van der Waals surface area (Å²) in [5, 5.41) is 9.33. The number of carbonyl (C=O) groups is 1. The van der Waals surface area contributed by atoms with Crippen LogP contribution in [0.25, 0.3) is 0 Å². The van der Waals surface area contributed by atoms with Gasteiger partial charge in [-0.1, -0.05) is 19.9 Å². The molecular formula is C9H15NO2S. The second-order valence-electron chi connectivity index (χ2n) is 2.66. The number of primary amides is 1. The molecule has 1 rings (SSSR count). The first-order valence-electron chi connectivity index (χ1n) is 4.09. The van der Waals surface area contributed by atoms with E-state index in [2.05, 4.69) is 37.1 Å². The lowest BCUT2D eigenvalue weighted by Gasteiger charge is -2.02. The molecule has 4 heteroatoms. The fourth-order valence-electron chi connectivity index (χ4n) is 0.773. The molecule has 0 fully saturated rings. The SMILES string of the molecule is CCC(C)c1cccs1.NC(=O)O. The summed E-state index contributed by atoms with van der Waals surface area (Å²) in [4.78, 5) is 10.3. The summed E-state index contributed by atoms with van der Waals surface area (Å²) >= 11 is 1.86. The van der Waals surface area contributed by atoms with Gasteiger partial charge >= 0.3 is 6.09 Å². The molecule has 1 aromatic heterocycles. The molecule has 74 valence electrons. The van der Waals surface area contributed by atoms with E-state index >= 15 is 0 Å². The number of carboxylic acid groups (broad SMARTS) is 1. The maximum atomic E-state index is 8.78. The van der Waals surface area contributed by atoms with Crippen LogP contribution in [0.2, 0.25) is 0 Å². The number of hydrogen-bond acceptors (Lipinski definition) is 2. The molecule has 1 heterocycles. The Morgan fingerprint density at radius 1 is 1.77 bits per heavy atom. The van der Waals surface area contributed by atoms with E-state index in [1.807, 2.05) is 11.3 Å². The second-order valence-corrected chi connectivity index (χ2v) is 3.64. The van der Waals surface area contributed by atoms with Gasteiger partial charge in [0.15, 0.2) is 0 Å². The summed E-state index contributed by atoms with van der Waals surface area (Å²) in [6, 6.07) is 4.32. The molecule has 1 atom stereocenters. The van der Waals surface area contributed by atoms with Crippen LogP contribution in [0.5, 0.6) is 0 Å². The average Bonchev–Trinajstić information content (AvgIpc) is 2.54. The predicted molar refractivity (Wildman–Crippen MR) is 55.2 cm³/mol. The van der Waals surface area contributed by atoms with E-state index in [0.717, 1.165) is 5.92 Å². The Hall–Kier alpha value is -1.03. The highest BCUT2D eigenvalue weighted by atomic mass is 32.1. The van der Waals surface area contributed by atoms with Crippen LogP contribution < -0.4 is 5.73 Å². The summed E-state index contributed by atoms with van der Waals surface area (Å²) in [6.45, 7) is 4.50. The van der Waals surface area contributed by atoms with Crippen molar-refractivity contribution in [2.45, 2.75) is 26.2 Å². The topological polar surface area (TPSA) is 63.3 Å². The fourth-order valence-corrected chi connectivity index (χ4v) is 1.64. The van der Waals surface area contributed by atoms with E-state index in [1.165, 1.54) is 11.3 Å².